The van der Waals surface area contributed by atoms with Crippen molar-refractivity contribution in [3.05, 3.63) is 66.8 Å². The number of rotatable bonds is 17. The summed E-state index contributed by atoms with van der Waals surface area (Å²) in [5, 5.41) is 16.1. The number of carbonyl (C=O) groups is 7. The zero-order chi connectivity index (χ0) is 42.1. The summed E-state index contributed by atoms with van der Waals surface area (Å²) in [7, 11) is 8.23. The van der Waals surface area contributed by atoms with Gasteiger partial charge in [0.15, 0.2) is 17.5 Å². The molecule has 0 saturated carbocycles. The summed E-state index contributed by atoms with van der Waals surface area (Å²) in [6, 6.07) is 3.13. The molecule has 0 aliphatic heterocycles. The molecule has 22 heteroatoms. The summed E-state index contributed by atoms with van der Waals surface area (Å²) in [5.74, 6) is -1.94. The molecule has 5 rings (SSSR count). The normalized spacial score (nSPS) is 10.8. The molecule has 6 amide bonds. The van der Waals surface area contributed by atoms with E-state index < -0.39 is 29.6 Å². The number of aryl methyl sites for hydroxylation is 5. The molecule has 0 atom stereocenters. The lowest BCUT2D eigenvalue weighted by atomic mass is 10.2. The van der Waals surface area contributed by atoms with Gasteiger partial charge in [0, 0.05) is 110 Å². The fraction of sp³-hybridized carbons (Fsp3) is 0.333. The minimum atomic E-state index is -0.609. The number of nitrogens with one attached hydrogen (secondary N) is 6. The quantitative estimate of drug-likeness (QED) is 0.0744. The first-order chi connectivity index (χ1) is 27.6. The van der Waals surface area contributed by atoms with Crippen LogP contribution >= 0.6 is 0 Å². The molecule has 0 unspecified atom stereocenters. The fourth-order valence-electron chi connectivity index (χ4n) is 5.58. The van der Waals surface area contributed by atoms with Crippen LogP contribution < -0.4 is 31.9 Å². The number of hydrogen-bond acceptors (Lipinski definition) is 11. The van der Waals surface area contributed by atoms with Crippen LogP contribution in [0, 0.1) is 0 Å². The Morgan fingerprint density at radius 3 is 1.53 bits per heavy atom. The van der Waals surface area contributed by atoms with Crippen molar-refractivity contribution in [3.63, 3.8) is 0 Å². The molecule has 5 aromatic rings. The SMILES string of the molecule is CCOC(=O)c1nc(NC(=O)CCCC(=O)Nc2cc(NC(=O)c3nc(NC(=O)CCC(=O)Nc4cc(NC(=O)c5nccn5C)cn4C)cn3C)cn2C)cn1C. The van der Waals surface area contributed by atoms with Crippen LogP contribution in [0.1, 0.15) is 70.9 Å². The van der Waals surface area contributed by atoms with E-state index in [-0.39, 0.29) is 79.6 Å². The Balaban J connectivity index is 1.03. The van der Waals surface area contributed by atoms with Crippen molar-refractivity contribution in [2.75, 3.05) is 38.5 Å². The maximum atomic E-state index is 13.1. The highest BCUT2D eigenvalue weighted by molar-refractivity contribution is 6.04. The van der Waals surface area contributed by atoms with Gasteiger partial charge in [-0.1, -0.05) is 0 Å². The van der Waals surface area contributed by atoms with Crippen LogP contribution in [0.5, 0.6) is 0 Å². The number of anilines is 6. The minimum Gasteiger partial charge on any atom is -0.460 e. The van der Waals surface area contributed by atoms with E-state index in [4.69, 9.17) is 4.74 Å². The van der Waals surface area contributed by atoms with Crippen LogP contribution in [0.4, 0.5) is 34.6 Å². The molecule has 22 nitrogen and oxygen atoms in total. The highest BCUT2D eigenvalue weighted by Crippen LogP contribution is 2.21. The monoisotopic (exact) mass is 800 g/mol. The van der Waals surface area contributed by atoms with Crippen LogP contribution in [0.2, 0.25) is 0 Å². The number of imidazole rings is 3. The first kappa shape index (κ1) is 41.6. The van der Waals surface area contributed by atoms with E-state index in [1.807, 2.05) is 0 Å². The second-order valence-corrected chi connectivity index (χ2v) is 13.1. The summed E-state index contributed by atoms with van der Waals surface area (Å²) < 4.78 is 12.6. The van der Waals surface area contributed by atoms with Gasteiger partial charge < -0.3 is 59.5 Å². The smallest absolute Gasteiger partial charge is 0.374 e. The van der Waals surface area contributed by atoms with Gasteiger partial charge in [0.1, 0.15) is 11.6 Å². The van der Waals surface area contributed by atoms with E-state index in [1.54, 1.807) is 86.6 Å². The number of esters is 1. The molecule has 5 heterocycles. The highest BCUT2D eigenvalue weighted by Gasteiger charge is 2.20. The Hall–Kier alpha value is -7.52. The van der Waals surface area contributed by atoms with Crippen molar-refractivity contribution < 1.29 is 38.3 Å². The second-order valence-electron chi connectivity index (χ2n) is 13.1. The van der Waals surface area contributed by atoms with Crippen LogP contribution in [0.3, 0.4) is 0 Å². The summed E-state index contributed by atoms with van der Waals surface area (Å²) in [6.07, 6.45) is 9.27. The molecule has 0 aromatic carbocycles. The molecule has 6 N–H and O–H groups in total. The largest absolute Gasteiger partial charge is 0.460 e. The number of hydrogen-bond donors (Lipinski definition) is 6. The molecule has 306 valence electrons. The van der Waals surface area contributed by atoms with Crippen molar-refractivity contribution in [3.8, 4) is 0 Å². The second kappa shape index (κ2) is 18.4. The van der Waals surface area contributed by atoms with Crippen LogP contribution in [0.25, 0.3) is 0 Å². The summed E-state index contributed by atoms with van der Waals surface area (Å²) in [6.45, 7) is 1.86. The van der Waals surface area contributed by atoms with Gasteiger partial charge in [-0.05, 0) is 13.3 Å². The Labute approximate surface area is 331 Å². The van der Waals surface area contributed by atoms with Gasteiger partial charge in [-0.2, -0.15) is 0 Å². The molecule has 0 fully saturated rings. The molecule has 5 aromatic heterocycles. The standard InChI is InChI=1S/C36H44N14O8/c1-7-58-36(57)33-43-24(20-50(33)6)40-27(51)9-8-10-28(52)44-25-16-22(18-47(25)3)39-35(56)32-42-23(19-49(32)5)41-29(53)11-12-30(54)45-26-15-21(17-48(26)4)38-34(55)31-37-13-14-46(31)2/h13-20H,7-12H2,1-6H3,(H,38,55)(H,39,56)(H,40,51)(H,41,53)(H,44,52)(H,45,54). The van der Waals surface area contributed by atoms with Crippen molar-refractivity contribution in [2.45, 2.75) is 39.0 Å². The van der Waals surface area contributed by atoms with Gasteiger partial charge in [0.2, 0.25) is 35.3 Å². The number of carbonyl (C=O) groups excluding carboxylic acids is 7. The Morgan fingerprint density at radius 1 is 0.552 bits per heavy atom. The van der Waals surface area contributed by atoms with Crippen molar-refractivity contribution in [1.29, 1.82) is 0 Å². The number of amides is 6. The summed E-state index contributed by atoms with van der Waals surface area (Å²) in [5.41, 5.74) is 0.807. The van der Waals surface area contributed by atoms with Crippen LogP contribution in [-0.4, -0.2) is 85.8 Å². The van der Waals surface area contributed by atoms with Crippen molar-refractivity contribution in [1.82, 2.24) is 37.8 Å². The highest BCUT2D eigenvalue weighted by atomic mass is 16.5. The third-order valence-electron chi connectivity index (χ3n) is 8.42. The Bertz CT molecular complexity index is 2360. The zero-order valence-electron chi connectivity index (χ0n) is 32.7. The lowest BCUT2D eigenvalue weighted by Gasteiger charge is -2.06. The topological polar surface area (TPSA) is 264 Å². The van der Waals surface area contributed by atoms with Crippen molar-refractivity contribution in [2.24, 2.45) is 35.2 Å². The Kier molecular flexibility index (Phi) is 13.2. The van der Waals surface area contributed by atoms with E-state index in [9.17, 15) is 33.6 Å². The minimum absolute atomic E-state index is 0.0157. The molecule has 0 spiro atoms. The predicted octanol–water partition coefficient (Wildman–Crippen LogP) is 2.35. The van der Waals surface area contributed by atoms with Gasteiger partial charge in [0.25, 0.3) is 11.8 Å². The van der Waals surface area contributed by atoms with Gasteiger partial charge in [-0.15, -0.1) is 0 Å². The zero-order valence-corrected chi connectivity index (χ0v) is 32.7. The molecular weight excluding hydrogens is 756 g/mol. The van der Waals surface area contributed by atoms with Gasteiger partial charge in [-0.25, -0.2) is 19.7 Å². The summed E-state index contributed by atoms with van der Waals surface area (Å²) in [4.78, 5) is 100. The first-order valence-corrected chi connectivity index (χ1v) is 18.0. The molecule has 0 bridgehead atoms. The average Bonchev–Trinajstić information content (AvgIpc) is 3.97. The number of ether oxygens (including phenoxy) is 1. The lowest BCUT2D eigenvalue weighted by molar-refractivity contribution is -0.121. The molecular formula is C36H44N14O8. The lowest BCUT2D eigenvalue weighted by Crippen LogP contribution is -2.18. The maximum Gasteiger partial charge on any atom is 0.374 e. The van der Waals surface area contributed by atoms with Gasteiger partial charge in [0.05, 0.1) is 18.0 Å². The maximum absolute atomic E-state index is 13.1. The predicted molar refractivity (Wildman–Crippen MR) is 210 cm³/mol. The number of aromatic nitrogens is 8. The molecule has 0 aliphatic rings. The van der Waals surface area contributed by atoms with E-state index in [1.165, 1.54) is 27.7 Å². The summed E-state index contributed by atoms with van der Waals surface area (Å²) >= 11 is 0. The molecule has 0 radical (unpaired) electrons. The fourth-order valence-corrected chi connectivity index (χ4v) is 5.58. The van der Waals surface area contributed by atoms with E-state index in [0.717, 1.165) is 0 Å². The van der Waals surface area contributed by atoms with E-state index >= 15 is 0 Å². The third-order valence-corrected chi connectivity index (χ3v) is 8.42. The van der Waals surface area contributed by atoms with E-state index in [0.29, 0.717) is 23.0 Å². The Morgan fingerprint density at radius 2 is 1.02 bits per heavy atom. The van der Waals surface area contributed by atoms with Gasteiger partial charge in [-0.3, -0.25) is 28.8 Å². The van der Waals surface area contributed by atoms with Crippen LogP contribution in [-0.2, 0) is 59.2 Å². The molecule has 58 heavy (non-hydrogen) atoms. The van der Waals surface area contributed by atoms with Crippen molar-refractivity contribution >= 4 is 76.1 Å². The third kappa shape index (κ3) is 10.8. The average molecular weight is 801 g/mol. The number of nitrogens with zero attached hydrogens (tertiary/aromatic N) is 8. The first-order valence-electron chi connectivity index (χ1n) is 18.0. The van der Waals surface area contributed by atoms with Crippen LogP contribution in [0.15, 0.2) is 49.3 Å². The van der Waals surface area contributed by atoms with E-state index in [2.05, 4.69) is 46.9 Å². The molecule has 0 saturated heterocycles. The molecule has 0 aliphatic carbocycles. The van der Waals surface area contributed by atoms with Gasteiger partial charge >= 0.3 is 5.97 Å².